The lowest BCUT2D eigenvalue weighted by molar-refractivity contribution is -0.123. The average molecular weight is 286 g/mol. The molecule has 1 fully saturated rings. The van der Waals surface area contributed by atoms with E-state index in [1.165, 1.54) is 19.3 Å². The summed E-state index contributed by atoms with van der Waals surface area (Å²) in [6.45, 7) is 2.23. The minimum atomic E-state index is -0.109. The van der Waals surface area contributed by atoms with Gasteiger partial charge in [0.15, 0.2) is 6.61 Å². The van der Waals surface area contributed by atoms with Crippen molar-refractivity contribution < 1.29 is 9.53 Å². The summed E-state index contributed by atoms with van der Waals surface area (Å²) >= 11 is 0. The van der Waals surface area contributed by atoms with Gasteiger partial charge in [-0.15, -0.1) is 0 Å². The lowest BCUT2D eigenvalue weighted by atomic mass is 10.0. The molecule has 4 nitrogen and oxygen atoms in total. The number of nitriles is 1. The summed E-state index contributed by atoms with van der Waals surface area (Å²) in [5, 5.41) is 12.0. The first kappa shape index (κ1) is 15.4. The fourth-order valence-electron chi connectivity index (χ4n) is 2.73. The Balaban J connectivity index is 1.81. The summed E-state index contributed by atoms with van der Waals surface area (Å²) in [5.74, 6) is 1.11. The molecule has 1 aliphatic carbocycles. The van der Waals surface area contributed by atoms with Crippen molar-refractivity contribution in [3.63, 3.8) is 0 Å². The van der Waals surface area contributed by atoms with E-state index in [1.54, 1.807) is 24.3 Å². The van der Waals surface area contributed by atoms with Gasteiger partial charge >= 0.3 is 0 Å². The maximum Gasteiger partial charge on any atom is 0.258 e. The number of para-hydroxylation sites is 1. The van der Waals surface area contributed by atoms with Crippen molar-refractivity contribution >= 4 is 5.91 Å². The Hall–Kier alpha value is -2.02. The second-order valence-corrected chi connectivity index (χ2v) is 5.77. The van der Waals surface area contributed by atoms with E-state index in [1.807, 2.05) is 0 Å². The highest BCUT2D eigenvalue weighted by Crippen LogP contribution is 2.22. The lowest BCUT2D eigenvalue weighted by Gasteiger charge is -2.16. The van der Waals surface area contributed by atoms with Crippen LogP contribution in [0.25, 0.3) is 0 Å². The Morgan fingerprint density at radius 1 is 1.33 bits per heavy atom. The van der Waals surface area contributed by atoms with Gasteiger partial charge in [-0.3, -0.25) is 4.79 Å². The summed E-state index contributed by atoms with van der Waals surface area (Å²) in [6.07, 6.45) is 5.68. The number of carbonyl (C=O) groups is 1. The number of nitrogens with one attached hydrogen (secondary N) is 1. The number of nitrogens with zero attached hydrogens (tertiary/aromatic N) is 1. The van der Waals surface area contributed by atoms with E-state index >= 15 is 0 Å². The number of benzene rings is 1. The van der Waals surface area contributed by atoms with Gasteiger partial charge in [0.1, 0.15) is 11.8 Å². The van der Waals surface area contributed by atoms with Crippen LogP contribution < -0.4 is 10.1 Å². The molecule has 0 saturated heterocycles. The zero-order chi connectivity index (χ0) is 15.1. The van der Waals surface area contributed by atoms with Crippen molar-refractivity contribution in [3.8, 4) is 11.8 Å². The van der Waals surface area contributed by atoms with Crippen LogP contribution >= 0.6 is 0 Å². The number of hydrogen-bond acceptors (Lipinski definition) is 3. The van der Waals surface area contributed by atoms with Crippen LogP contribution in [0.3, 0.4) is 0 Å². The monoisotopic (exact) mass is 286 g/mol. The molecule has 21 heavy (non-hydrogen) atoms. The van der Waals surface area contributed by atoms with Gasteiger partial charge in [0.25, 0.3) is 5.91 Å². The molecule has 0 heterocycles. The van der Waals surface area contributed by atoms with Crippen molar-refractivity contribution in [2.45, 2.75) is 45.1 Å². The quantitative estimate of drug-likeness (QED) is 0.865. The van der Waals surface area contributed by atoms with Crippen molar-refractivity contribution in [2.75, 3.05) is 6.61 Å². The first-order valence-corrected chi connectivity index (χ1v) is 7.60. The Labute approximate surface area is 126 Å². The minimum Gasteiger partial charge on any atom is -0.482 e. The Bertz CT molecular complexity index is 522. The maximum absolute atomic E-state index is 12.0. The molecule has 1 aliphatic rings. The summed E-state index contributed by atoms with van der Waals surface area (Å²) in [6, 6.07) is 9.27. The molecule has 0 spiro atoms. The fraction of sp³-hybridized carbons (Fsp3) is 0.529. The molecule has 0 aromatic heterocycles. The number of ether oxygens (including phenoxy) is 1. The normalized spacial score (nSPS) is 21.9. The van der Waals surface area contributed by atoms with E-state index in [2.05, 4.69) is 18.3 Å². The van der Waals surface area contributed by atoms with Gasteiger partial charge in [-0.2, -0.15) is 5.26 Å². The molecule has 1 aromatic carbocycles. The van der Waals surface area contributed by atoms with Crippen LogP contribution in [0.5, 0.6) is 5.75 Å². The largest absolute Gasteiger partial charge is 0.482 e. The molecule has 1 N–H and O–H groups in total. The molecule has 2 unspecified atom stereocenters. The molecule has 1 aromatic rings. The van der Waals surface area contributed by atoms with E-state index in [4.69, 9.17) is 10.00 Å². The Morgan fingerprint density at radius 2 is 2.14 bits per heavy atom. The molecular weight excluding hydrogens is 264 g/mol. The van der Waals surface area contributed by atoms with Crippen LogP contribution in [-0.2, 0) is 4.79 Å². The standard InChI is InChI=1S/C17H22N2O2/c1-13-5-4-7-15(10-9-13)19-17(20)12-21-16-8-3-2-6-14(16)11-18/h2-3,6,8,13,15H,4-5,7,9-10,12H2,1H3,(H,19,20). The highest BCUT2D eigenvalue weighted by atomic mass is 16.5. The highest BCUT2D eigenvalue weighted by molar-refractivity contribution is 5.77. The minimum absolute atomic E-state index is 0.0370. The number of hydrogen-bond donors (Lipinski definition) is 1. The number of rotatable bonds is 4. The summed E-state index contributed by atoms with van der Waals surface area (Å²) in [4.78, 5) is 12.0. The van der Waals surface area contributed by atoms with Gasteiger partial charge in [0.2, 0.25) is 0 Å². The van der Waals surface area contributed by atoms with Gasteiger partial charge in [-0.05, 0) is 37.3 Å². The molecule has 112 valence electrons. The van der Waals surface area contributed by atoms with Crippen molar-refractivity contribution in [3.05, 3.63) is 29.8 Å². The molecule has 4 heteroatoms. The second kappa shape index (κ2) is 7.68. The van der Waals surface area contributed by atoms with E-state index in [9.17, 15) is 4.79 Å². The van der Waals surface area contributed by atoms with Gasteiger partial charge in [-0.1, -0.05) is 31.9 Å². The molecule has 0 aliphatic heterocycles. The summed E-state index contributed by atoms with van der Waals surface area (Å²) < 4.78 is 5.45. The molecule has 1 saturated carbocycles. The predicted octanol–water partition coefficient (Wildman–Crippen LogP) is 3.02. The SMILES string of the molecule is CC1CCCC(NC(=O)COc2ccccc2C#N)CC1. The van der Waals surface area contributed by atoms with Crippen LogP contribution in [0.15, 0.2) is 24.3 Å². The summed E-state index contributed by atoms with van der Waals surface area (Å²) in [5.41, 5.74) is 0.452. The smallest absolute Gasteiger partial charge is 0.258 e. The molecule has 0 radical (unpaired) electrons. The average Bonchev–Trinajstić information content (AvgIpc) is 2.70. The molecule has 0 bridgehead atoms. The van der Waals surface area contributed by atoms with Gasteiger partial charge in [0, 0.05) is 6.04 Å². The molecular formula is C17H22N2O2. The third kappa shape index (κ3) is 4.78. The molecule has 2 atom stereocenters. The van der Waals surface area contributed by atoms with Crippen LogP contribution in [0, 0.1) is 17.2 Å². The summed E-state index contributed by atoms with van der Waals surface area (Å²) in [7, 11) is 0. The number of carbonyl (C=O) groups excluding carboxylic acids is 1. The van der Waals surface area contributed by atoms with Gasteiger partial charge in [-0.25, -0.2) is 0 Å². The van der Waals surface area contributed by atoms with Crippen molar-refractivity contribution in [2.24, 2.45) is 5.92 Å². The van der Waals surface area contributed by atoms with Gasteiger partial charge in [0.05, 0.1) is 5.56 Å². The van der Waals surface area contributed by atoms with Gasteiger partial charge < -0.3 is 10.1 Å². The van der Waals surface area contributed by atoms with Crippen molar-refractivity contribution in [1.29, 1.82) is 5.26 Å². The second-order valence-electron chi connectivity index (χ2n) is 5.77. The predicted molar refractivity (Wildman–Crippen MR) is 80.8 cm³/mol. The lowest BCUT2D eigenvalue weighted by Crippen LogP contribution is -2.37. The van der Waals surface area contributed by atoms with Crippen LogP contribution in [0.4, 0.5) is 0 Å². The molecule has 1 amide bonds. The fourth-order valence-corrected chi connectivity index (χ4v) is 2.73. The Kier molecular flexibility index (Phi) is 5.62. The zero-order valence-corrected chi connectivity index (χ0v) is 12.5. The third-order valence-corrected chi connectivity index (χ3v) is 3.99. The van der Waals surface area contributed by atoms with Crippen LogP contribution in [0.2, 0.25) is 0 Å². The van der Waals surface area contributed by atoms with Crippen molar-refractivity contribution in [1.82, 2.24) is 5.32 Å². The maximum atomic E-state index is 12.0. The van der Waals surface area contributed by atoms with Crippen LogP contribution in [0.1, 0.15) is 44.6 Å². The first-order chi connectivity index (χ1) is 10.2. The van der Waals surface area contributed by atoms with Crippen LogP contribution in [-0.4, -0.2) is 18.6 Å². The first-order valence-electron chi connectivity index (χ1n) is 7.60. The third-order valence-electron chi connectivity index (χ3n) is 3.99. The van der Waals surface area contributed by atoms with E-state index in [0.29, 0.717) is 11.3 Å². The topological polar surface area (TPSA) is 62.1 Å². The zero-order valence-electron chi connectivity index (χ0n) is 12.5. The Morgan fingerprint density at radius 3 is 2.95 bits per heavy atom. The highest BCUT2D eigenvalue weighted by Gasteiger charge is 2.18. The number of amides is 1. The molecule has 2 rings (SSSR count). The van der Waals surface area contributed by atoms with E-state index in [-0.39, 0.29) is 18.6 Å². The van der Waals surface area contributed by atoms with E-state index in [0.717, 1.165) is 18.8 Å². The van der Waals surface area contributed by atoms with E-state index < -0.39 is 0 Å².